The summed E-state index contributed by atoms with van der Waals surface area (Å²) < 4.78 is 19.2. The van der Waals surface area contributed by atoms with Crippen molar-refractivity contribution < 1.29 is 9.13 Å². The summed E-state index contributed by atoms with van der Waals surface area (Å²) >= 11 is 0. The molecule has 1 atom stereocenters. The van der Waals surface area contributed by atoms with E-state index >= 15 is 0 Å². The molecule has 0 heterocycles. The number of halogens is 1. The third kappa shape index (κ3) is 2.95. The highest BCUT2D eigenvalue weighted by molar-refractivity contribution is 5.35. The number of hydrogen-bond acceptors (Lipinski definition) is 2. The van der Waals surface area contributed by atoms with Crippen LogP contribution in [0, 0.1) is 11.7 Å². The van der Waals surface area contributed by atoms with Gasteiger partial charge in [0, 0.05) is 6.04 Å². The first-order valence-corrected chi connectivity index (χ1v) is 5.82. The molecule has 0 bridgehead atoms. The molecule has 1 aliphatic rings. The Morgan fingerprint density at radius 1 is 1.50 bits per heavy atom. The Kier molecular flexibility index (Phi) is 3.44. The zero-order valence-corrected chi connectivity index (χ0v) is 9.58. The van der Waals surface area contributed by atoms with Crippen molar-refractivity contribution in [3.63, 3.8) is 0 Å². The smallest absolute Gasteiger partial charge is 0.165 e. The lowest BCUT2D eigenvalue weighted by Crippen LogP contribution is -2.18. The van der Waals surface area contributed by atoms with E-state index < -0.39 is 0 Å². The van der Waals surface area contributed by atoms with Crippen molar-refractivity contribution in [2.24, 2.45) is 11.7 Å². The minimum atomic E-state index is -0.279. The lowest BCUT2D eigenvalue weighted by molar-refractivity contribution is 0.281. The summed E-state index contributed by atoms with van der Waals surface area (Å²) in [5, 5.41) is 0. The van der Waals surface area contributed by atoms with Gasteiger partial charge in [-0.05, 0) is 43.7 Å². The van der Waals surface area contributed by atoms with Crippen LogP contribution in [-0.4, -0.2) is 12.6 Å². The molecular weight excluding hydrogens is 205 g/mol. The lowest BCUT2D eigenvalue weighted by Gasteiger charge is -2.13. The first-order valence-electron chi connectivity index (χ1n) is 5.82. The molecule has 0 aliphatic heterocycles. The van der Waals surface area contributed by atoms with Gasteiger partial charge < -0.3 is 10.5 Å². The van der Waals surface area contributed by atoms with Crippen LogP contribution in [0.15, 0.2) is 18.2 Å². The van der Waals surface area contributed by atoms with E-state index in [0.717, 1.165) is 5.56 Å². The van der Waals surface area contributed by atoms with Crippen LogP contribution in [0.4, 0.5) is 4.39 Å². The Labute approximate surface area is 95.6 Å². The number of para-hydroxylation sites is 1. The normalized spacial score (nSPS) is 17.2. The van der Waals surface area contributed by atoms with E-state index in [4.69, 9.17) is 10.5 Å². The molecule has 1 unspecified atom stereocenters. The second-order valence-corrected chi connectivity index (χ2v) is 4.66. The van der Waals surface area contributed by atoms with Crippen LogP contribution >= 0.6 is 0 Å². The maximum absolute atomic E-state index is 13.6. The number of benzene rings is 1. The Balaban J connectivity index is 2.10. The van der Waals surface area contributed by atoms with Crippen LogP contribution in [0.25, 0.3) is 0 Å². The average molecular weight is 223 g/mol. The van der Waals surface area contributed by atoms with Gasteiger partial charge >= 0.3 is 0 Å². The minimum Gasteiger partial charge on any atom is -0.490 e. The molecule has 0 amide bonds. The molecule has 1 saturated carbocycles. The fourth-order valence-electron chi connectivity index (χ4n) is 1.71. The number of hydrogen-bond donors (Lipinski definition) is 1. The molecule has 2 nitrogen and oxygen atoms in total. The summed E-state index contributed by atoms with van der Waals surface area (Å²) in [7, 11) is 0. The summed E-state index contributed by atoms with van der Waals surface area (Å²) in [6.45, 7) is 2.54. The SMILES string of the molecule is CC(N)Cc1cccc(F)c1OCC1CC1. The Hall–Kier alpha value is -1.09. The fraction of sp³-hybridized carbons (Fsp3) is 0.538. The molecule has 3 heteroatoms. The third-order valence-corrected chi connectivity index (χ3v) is 2.75. The van der Waals surface area contributed by atoms with E-state index in [2.05, 4.69) is 0 Å². The summed E-state index contributed by atoms with van der Waals surface area (Å²) in [5.41, 5.74) is 6.60. The van der Waals surface area contributed by atoms with Gasteiger partial charge in [-0.25, -0.2) is 4.39 Å². The quantitative estimate of drug-likeness (QED) is 0.832. The Morgan fingerprint density at radius 2 is 2.25 bits per heavy atom. The highest BCUT2D eigenvalue weighted by Gasteiger charge is 2.23. The standard InChI is InChI=1S/C13H18FNO/c1-9(15)7-11-3-2-4-12(14)13(11)16-8-10-5-6-10/h2-4,9-10H,5-8,15H2,1H3. The minimum absolute atomic E-state index is 0.0186. The molecule has 1 aliphatic carbocycles. The van der Waals surface area contributed by atoms with Gasteiger partial charge in [0.2, 0.25) is 0 Å². The lowest BCUT2D eigenvalue weighted by atomic mass is 10.1. The van der Waals surface area contributed by atoms with E-state index in [1.54, 1.807) is 6.07 Å². The first kappa shape index (κ1) is 11.4. The van der Waals surface area contributed by atoms with E-state index in [0.29, 0.717) is 24.7 Å². The van der Waals surface area contributed by atoms with Gasteiger partial charge in [-0.15, -0.1) is 0 Å². The first-order chi connectivity index (χ1) is 7.66. The second-order valence-electron chi connectivity index (χ2n) is 4.66. The van der Waals surface area contributed by atoms with Gasteiger partial charge in [0.25, 0.3) is 0 Å². The summed E-state index contributed by atoms with van der Waals surface area (Å²) in [6, 6.07) is 5.04. The largest absolute Gasteiger partial charge is 0.490 e. The molecule has 2 N–H and O–H groups in total. The van der Waals surface area contributed by atoms with Crippen molar-refractivity contribution in [2.75, 3.05) is 6.61 Å². The maximum Gasteiger partial charge on any atom is 0.165 e. The van der Waals surface area contributed by atoms with Gasteiger partial charge in [-0.1, -0.05) is 12.1 Å². The van der Waals surface area contributed by atoms with Crippen LogP contribution in [0.2, 0.25) is 0 Å². The monoisotopic (exact) mass is 223 g/mol. The Morgan fingerprint density at radius 3 is 2.88 bits per heavy atom. The maximum atomic E-state index is 13.6. The highest BCUT2D eigenvalue weighted by Crippen LogP contribution is 2.31. The highest BCUT2D eigenvalue weighted by atomic mass is 19.1. The molecular formula is C13H18FNO. The van der Waals surface area contributed by atoms with Crippen molar-refractivity contribution in [3.05, 3.63) is 29.6 Å². The number of nitrogens with two attached hydrogens (primary N) is 1. The fourth-order valence-corrected chi connectivity index (χ4v) is 1.71. The van der Waals surface area contributed by atoms with E-state index in [-0.39, 0.29) is 11.9 Å². The molecule has 0 spiro atoms. The topological polar surface area (TPSA) is 35.2 Å². The number of rotatable bonds is 5. The van der Waals surface area contributed by atoms with Crippen molar-refractivity contribution in [2.45, 2.75) is 32.2 Å². The number of ether oxygens (including phenoxy) is 1. The molecule has 88 valence electrons. The van der Waals surface area contributed by atoms with E-state index in [9.17, 15) is 4.39 Å². The van der Waals surface area contributed by atoms with Crippen molar-refractivity contribution >= 4 is 0 Å². The zero-order valence-electron chi connectivity index (χ0n) is 9.58. The molecule has 0 saturated heterocycles. The Bertz CT molecular complexity index is 361. The van der Waals surface area contributed by atoms with Gasteiger partial charge in [0.05, 0.1) is 6.61 Å². The molecule has 2 rings (SSSR count). The predicted octanol–water partition coefficient (Wildman–Crippen LogP) is 2.50. The van der Waals surface area contributed by atoms with Gasteiger partial charge in [0.1, 0.15) is 0 Å². The molecule has 1 fully saturated rings. The van der Waals surface area contributed by atoms with Gasteiger partial charge in [-0.2, -0.15) is 0 Å². The van der Waals surface area contributed by atoms with Crippen LogP contribution in [0.5, 0.6) is 5.75 Å². The second kappa shape index (κ2) is 4.83. The van der Waals surface area contributed by atoms with Crippen LogP contribution in [0.1, 0.15) is 25.3 Å². The van der Waals surface area contributed by atoms with Gasteiger partial charge in [0.15, 0.2) is 11.6 Å². The van der Waals surface area contributed by atoms with Crippen LogP contribution in [0.3, 0.4) is 0 Å². The van der Waals surface area contributed by atoms with Crippen molar-refractivity contribution in [1.29, 1.82) is 0 Å². The summed E-state index contributed by atoms with van der Waals surface area (Å²) in [4.78, 5) is 0. The molecule has 1 aromatic carbocycles. The zero-order chi connectivity index (χ0) is 11.5. The molecule has 0 radical (unpaired) electrons. The van der Waals surface area contributed by atoms with Crippen molar-refractivity contribution in [1.82, 2.24) is 0 Å². The third-order valence-electron chi connectivity index (χ3n) is 2.75. The van der Waals surface area contributed by atoms with Crippen LogP contribution in [-0.2, 0) is 6.42 Å². The van der Waals surface area contributed by atoms with Crippen molar-refractivity contribution in [3.8, 4) is 5.75 Å². The van der Waals surface area contributed by atoms with E-state index in [1.165, 1.54) is 18.9 Å². The molecule has 1 aromatic rings. The van der Waals surface area contributed by atoms with Gasteiger partial charge in [-0.3, -0.25) is 0 Å². The summed E-state index contributed by atoms with van der Waals surface area (Å²) in [6.07, 6.45) is 3.06. The molecule has 16 heavy (non-hydrogen) atoms. The molecule has 0 aromatic heterocycles. The van der Waals surface area contributed by atoms with E-state index in [1.807, 2.05) is 13.0 Å². The van der Waals surface area contributed by atoms with Crippen LogP contribution < -0.4 is 10.5 Å². The summed E-state index contributed by atoms with van der Waals surface area (Å²) in [5.74, 6) is 0.744. The predicted molar refractivity (Wildman–Crippen MR) is 62.0 cm³/mol. The average Bonchev–Trinajstić information content (AvgIpc) is 2.99.